The van der Waals surface area contributed by atoms with E-state index in [4.69, 9.17) is 0 Å². The minimum absolute atomic E-state index is 0.00354. The molecule has 1 rings (SSSR count). The zero-order chi connectivity index (χ0) is 21.0. The molecule has 154 valence electrons. The number of anilines is 2. The predicted octanol–water partition coefficient (Wildman–Crippen LogP) is 3.45. The number of carbonyl (C=O) groups is 1. The van der Waals surface area contributed by atoms with Gasteiger partial charge in [-0.3, -0.25) is 0 Å². The highest BCUT2D eigenvalue weighted by Crippen LogP contribution is 2.35. The maximum absolute atomic E-state index is 13.0. The second-order valence-corrected chi connectivity index (χ2v) is 8.79. The van der Waals surface area contributed by atoms with Crippen LogP contribution in [0.15, 0.2) is 18.2 Å². The first-order chi connectivity index (χ1) is 12.3. The van der Waals surface area contributed by atoms with Crippen LogP contribution in [0.5, 0.6) is 0 Å². The van der Waals surface area contributed by atoms with Gasteiger partial charge < -0.3 is 15.1 Å². The van der Waals surface area contributed by atoms with Crippen LogP contribution in [0.25, 0.3) is 0 Å². The van der Waals surface area contributed by atoms with E-state index < -0.39 is 33.6 Å². The molecule has 0 bridgehead atoms. The fourth-order valence-electron chi connectivity index (χ4n) is 2.62. The number of alkyl halides is 3. The van der Waals surface area contributed by atoms with Crippen LogP contribution in [0.4, 0.5) is 29.3 Å². The molecule has 0 heterocycles. The standard InChI is InChI=1S/C17H26F3N3O3S/c1-6-23(12(3)11-27(25,26)7-2)16(24)21-14-10-13(17(18,19)20)8-9-15(14)22(4)5/h8-10,12H,6-7,11H2,1-5H3,(H,21,24). The number of nitrogens with zero attached hydrogens (tertiary/aromatic N) is 2. The molecule has 10 heteroatoms. The summed E-state index contributed by atoms with van der Waals surface area (Å²) in [5, 5.41) is 2.49. The summed E-state index contributed by atoms with van der Waals surface area (Å²) in [7, 11) is -0.0163. The van der Waals surface area contributed by atoms with Crippen LogP contribution in [0.3, 0.4) is 0 Å². The lowest BCUT2D eigenvalue weighted by atomic mass is 10.1. The van der Waals surface area contributed by atoms with Crippen molar-refractivity contribution in [1.29, 1.82) is 0 Å². The second kappa shape index (κ2) is 8.81. The predicted molar refractivity (Wildman–Crippen MR) is 101 cm³/mol. The molecule has 0 aliphatic rings. The zero-order valence-electron chi connectivity index (χ0n) is 16.1. The molecule has 1 unspecified atom stereocenters. The van der Waals surface area contributed by atoms with E-state index in [9.17, 15) is 26.4 Å². The van der Waals surface area contributed by atoms with Gasteiger partial charge in [-0.15, -0.1) is 0 Å². The summed E-state index contributed by atoms with van der Waals surface area (Å²) >= 11 is 0. The molecule has 0 saturated carbocycles. The van der Waals surface area contributed by atoms with Gasteiger partial charge >= 0.3 is 12.2 Å². The highest BCUT2D eigenvalue weighted by molar-refractivity contribution is 7.91. The van der Waals surface area contributed by atoms with Crippen molar-refractivity contribution in [2.45, 2.75) is 33.0 Å². The van der Waals surface area contributed by atoms with E-state index in [1.807, 2.05) is 0 Å². The number of halogens is 3. The van der Waals surface area contributed by atoms with Crippen molar-refractivity contribution >= 4 is 27.2 Å². The van der Waals surface area contributed by atoms with E-state index >= 15 is 0 Å². The zero-order valence-corrected chi connectivity index (χ0v) is 16.9. The third-order valence-electron chi connectivity index (χ3n) is 4.12. The van der Waals surface area contributed by atoms with Gasteiger partial charge in [-0.2, -0.15) is 13.2 Å². The number of hydrogen-bond acceptors (Lipinski definition) is 4. The van der Waals surface area contributed by atoms with Crippen LogP contribution in [-0.4, -0.2) is 57.5 Å². The van der Waals surface area contributed by atoms with Gasteiger partial charge in [-0.25, -0.2) is 13.2 Å². The number of sulfone groups is 1. The highest BCUT2D eigenvalue weighted by atomic mass is 32.2. The van der Waals surface area contributed by atoms with Crippen LogP contribution in [-0.2, 0) is 16.0 Å². The van der Waals surface area contributed by atoms with Gasteiger partial charge in [0.25, 0.3) is 0 Å². The van der Waals surface area contributed by atoms with Gasteiger partial charge in [-0.1, -0.05) is 6.92 Å². The Kier molecular flexibility index (Phi) is 7.53. The van der Waals surface area contributed by atoms with E-state index in [0.717, 1.165) is 12.1 Å². The fourth-order valence-corrected chi connectivity index (χ4v) is 3.77. The summed E-state index contributed by atoms with van der Waals surface area (Å²) in [5.41, 5.74) is -0.474. The first-order valence-electron chi connectivity index (χ1n) is 8.49. The number of urea groups is 1. The van der Waals surface area contributed by atoms with Crippen molar-refractivity contribution in [3.63, 3.8) is 0 Å². The average Bonchev–Trinajstić information content (AvgIpc) is 2.53. The first kappa shape index (κ1) is 23.1. The first-order valence-corrected chi connectivity index (χ1v) is 10.3. The largest absolute Gasteiger partial charge is 0.416 e. The van der Waals surface area contributed by atoms with E-state index in [-0.39, 0.29) is 23.7 Å². The molecule has 6 nitrogen and oxygen atoms in total. The molecule has 1 N–H and O–H groups in total. The number of rotatable bonds is 7. The van der Waals surface area contributed by atoms with Crippen LogP contribution in [0.2, 0.25) is 0 Å². The molecule has 1 aromatic rings. The Morgan fingerprint density at radius 2 is 1.81 bits per heavy atom. The van der Waals surface area contributed by atoms with E-state index in [1.165, 1.54) is 17.9 Å². The lowest BCUT2D eigenvalue weighted by Gasteiger charge is -2.29. The smallest absolute Gasteiger partial charge is 0.376 e. The van der Waals surface area contributed by atoms with Crippen LogP contribution in [0, 0.1) is 0 Å². The number of benzene rings is 1. The van der Waals surface area contributed by atoms with Gasteiger partial charge in [0.15, 0.2) is 9.84 Å². The van der Waals surface area contributed by atoms with Crippen molar-refractivity contribution in [2.24, 2.45) is 0 Å². The van der Waals surface area contributed by atoms with Gasteiger partial charge in [0.2, 0.25) is 0 Å². The molecule has 0 saturated heterocycles. The summed E-state index contributed by atoms with van der Waals surface area (Å²) in [4.78, 5) is 15.5. The van der Waals surface area contributed by atoms with Crippen LogP contribution >= 0.6 is 0 Å². The third-order valence-corrected chi connectivity index (χ3v) is 5.99. The molecule has 0 aliphatic heterocycles. The molecule has 0 fully saturated rings. The summed E-state index contributed by atoms with van der Waals surface area (Å²) in [6.45, 7) is 5.00. The minimum Gasteiger partial charge on any atom is -0.376 e. The molecule has 1 atom stereocenters. The topological polar surface area (TPSA) is 69.7 Å². The summed E-state index contributed by atoms with van der Waals surface area (Å²) in [6, 6.07) is 1.82. The van der Waals surface area contributed by atoms with E-state index in [0.29, 0.717) is 5.69 Å². The normalized spacial score (nSPS) is 13.2. The number of amides is 2. The quantitative estimate of drug-likeness (QED) is 0.749. The lowest BCUT2D eigenvalue weighted by Crippen LogP contribution is -2.44. The van der Waals surface area contributed by atoms with Crippen molar-refractivity contribution in [2.75, 3.05) is 42.4 Å². The Labute approximate surface area is 158 Å². The monoisotopic (exact) mass is 409 g/mol. The van der Waals surface area contributed by atoms with Crippen molar-refractivity contribution < 1.29 is 26.4 Å². The Bertz CT molecular complexity index is 764. The molecule has 1 aromatic carbocycles. The Morgan fingerprint density at radius 1 is 1.22 bits per heavy atom. The second-order valence-electron chi connectivity index (χ2n) is 6.39. The fraction of sp³-hybridized carbons (Fsp3) is 0.588. The molecule has 2 amide bonds. The summed E-state index contributed by atoms with van der Waals surface area (Å²) in [5.74, 6) is -0.261. The number of carbonyl (C=O) groups excluding carboxylic acids is 1. The maximum atomic E-state index is 13.0. The van der Waals surface area contributed by atoms with E-state index in [1.54, 1.807) is 32.8 Å². The van der Waals surface area contributed by atoms with Gasteiger partial charge in [-0.05, 0) is 32.0 Å². The summed E-state index contributed by atoms with van der Waals surface area (Å²) in [6.07, 6.45) is -4.54. The Morgan fingerprint density at radius 3 is 2.26 bits per heavy atom. The van der Waals surface area contributed by atoms with Gasteiger partial charge in [0.1, 0.15) is 0 Å². The maximum Gasteiger partial charge on any atom is 0.416 e. The van der Waals surface area contributed by atoms with Gasteiger partial charge in [0.05, 0.1) is 22.7 Å². The minimum atomic E-state index is -4.54. The Hall–Kier alpha value is -1.97. The van der Waals surface area contributed by atoms with Crippen LogP contribution in [0.1, 0.15) is 26.3 Å². The van der Waals surface area contributed by atoms with Crippen LogP contribution < -0.4 is 10.2 Å². The number of hydrogen-bond donors (Lipinski definition) is 1. The average molecular weight is 409 g/mol. The molecule has 27 heavy (non-hydrogen) atoms. The van der Waals surface area contributed by atoms with Gasteiger partial charge in [0, 0.05) is 32.4 Å². The molecule has 0 aliphatic carbocycles. The van der Waals surface area contributed by atoms with Crippen molar-refractivity contribution in [3.8, 4) is 0 Å². The third kappa shape index (κ3) is 6.30. The molecule has 0 spiro atoms. The van der Waals surface area contributed by atoms with Crippen molar-refractivity contribution in [1.82, 2.24) is 4.90 Å². The number of nitrogens with one attached hydrogen (secondary N) is 1. The lowest BCUT2D eigenvalue weighted by molar-refractivity contribution is -0.137. The Balaban J connectivity index is 3.15. The molecule has 0 aromatic heterocycles. The van der Waals surface area contributed by atoms with E-state index in [2.05, 4.69) is 5.32 Å². The molecular formula is C17H26F3N3O3S. The molecular weight excluding hydrogens is 383 g/mol. The summed E-state index contributed by atoms with van der Waals surface area (Å²) < 4.78 is 62.7. The van der Waals surface area contributed by atoms with Crippen molar-refractivity contribution in [3.05, 3.63) is 23.8 Å². The SMILES string of the molecule is CCN(C(=O)Nc1cc(C(F)(F)F)ccc1N(C)C)C(C)CS(=O)(=O)CC. The highest BCUT2D eigenvalue weighted by Gasteiger charge is 2.32. The molecule has 0 radical (unpaired) electrons.